The van der Waals surface area contributed by atoms with Crippen LogP contribution in [0.1, 0.15) is 28.2 Å². The molecule has 5 rings (SSSR count). The van der Waals surface area contributed by atoms with Crippen LogP contribution in [0.5, 0.6) is 5.75 Å². The van der Waals surface area contributed by atoms with Crippen molar-refractivity contribution >= 4 is 11.7 Å². The van der Waals surface area contributed by atoms with E-state index < -0.39 is 0 Å². The van der Waals surface area contributed by atoms with Crippen LogP contribution in [0.4, 0.5) is 5.82 Å². The molecule has 0 spiro atoms. The van der Waals surface area contributed by atoms with Crippen molar-refractivity contribution in [2.45, 2.75) is 25.3 Å². The van der Waals surface area contributed by atoms with Crippen molar-refractivity contribution in [1.82, 2.24) is 24.9 Å². The van der Waals surface area contributed by atoms with E-state index in [0.29, 0.717) is 18.8 Å². The lowest BCUT2D eigenvalue weighted by Gasteiger charge is -2.44. The summed E-state index contributed by atoms with van der Waals surface area (Å²) in [6, 6.07) is 12.4. The number of nitrogens with zero attached hydrogens (tertiary/aromatic N) is 6. The highest BCUT2D eigenvalue weighted by Gasteiger charge is 2.36. The molecule has 1 saturated heterocycles. The minimum absolute atomic E-state index is 0.00108. The molecule has 0 atom stereocenters. The highest BCUT2D eigenvalue weighted by atomic mass is 16.5. The molecule has 1 aliphatic heterocycles. The van der Waals surface area contributed by atoms with E-state index in [1.54, 1.807) is 24.1 Å². The van der Waals surface area contributed by atoms with Crippen LogP contribution in [0.3, 0.4) is 0 Å². The molecule has 0 saturated carbocycles. The number of rotatable bonds is 5. The zero-order valence-electron chi connectivity index (χ0n) is 18.1. The largest absolute Gasteiger partial charge is 0.494 e. The van der Waals surface area contributed by atoms with Gasteiger partial charge in [-0.25, -0.2) is 0 Å². The van der Waals surface area contributed by atoms with E-state index >= 15 is 0 Å². The SMILES string of the molecule is COc1cc(=O)n(-c2ccccc2)nc1C(=O)N(C)C1CN(c2cc3c(nn2)CCC3)C1. The molecule has 0 radical (unpaired) electrons. The molecule has 2 aliphatic rings. The Hall–Kier alpha value is -3.75. The van der Waals surface area contributed by atoms with Gasteiger partial charge in [-0.05, 0) is 43.0 Å². The monoisotopic (exact) mass is 432 g/mol. The van der Waals surface area contributed by atoms with Crippen molar-refractivity contribution in [3.63, 3.8) is 0 Å². The van der Waals surface area contributed by atoms with E-state index in [4.69, 9.17) is 4.74 Å². The maximum Gasteiger partial charge on any atom is 0.278 e. The maximum absolute atomic E-state index is 13.3. The van der Waals surface area contributed by atoms with Crippen LogP contribution < -0.4 is 15.2 Å². The van der Waals surface area contributed by atoms with E-state index in [1.807, 2.05) is 18.2 Å². The normalized spacial score (nSPS) is 15.2. The summed E-state index contributed by atoms with van der Waals surface area (Å²) in [6.45, 7) is 1.33. The Morgan fingerprint density at radius 2 is 1.91 bits per heavy atom. The van der Waals surface area contributed by atoms with Gasteiger partial charge < -0.3 is 14.5 Å². The number of aromatic nitrogens is 4. The fourth-order valence-electron chi connectivity index (χ4n) is 4.19. The molecule has 1 amide bonds. The fourth-order valence-corrected chi connectivity index (χ4v) is 4.19. The van der Waals surface area contributed by atoms with Gasteiger partial charge in [-0.15, -0.1) is 5.10 Å². The van der Waals surface area contributed by atoms with Gasteiger partial charge in [0.25, 0.3) is 11.5 Å². The molecule has 0 unspecified atom stereocenters. The molecule has 0 bridgehead atoms. The Morgan fingerprint density at radius 1 is 1.12 bits per heavy atom. The predicted octanol–water partition coefficient (Wildman–Crippen LogP) is 1.48. The number of carbonyl (C=O) groups excluding carboxylic acids is 1. The predicted molar refractivity (Wildman–Crippen MR) is 119 cm³/mol. The van der Waals surface area contributed by atoms with Gasteiger partial charge in [0.15, 0.2) is 17.3 Å². The Balaban J connectivity index is 1.35. The second-order valence-corrected chi connectivity index (χ2v) is 8.15. The van der Waals surface area contributed by atoms with Gasteiger partial charge in [-0.1, -0.05) is 18.2 Å². The summed E-state index contributed by atoms with van der Waals surface area (Å²) < 4.78 is 6.52. The van der Waals surface area contributed by atoms with Gasteiger partial charge in [0, 0.05) is 20.1 Å². The number of ether oxygens (including phenoxy) is 1. The number of aryl methyl sites for hydroxylation is 2. The molecule has 3 aromatic rings. The Morgan fingerprint density at radius 3 is 2.66 bits per heavy atom. The summed E-state index contributed by atoms with van der Waals surface area (Å²) in [5.41, 5.74) is 2.71. The van der Waals surface area contributed by atoms with Gasteiger partial charge in [-0.2, -0.15) is 14.9 Å². The quantitative estimate of drug-likeness (QED) is 0.603. The first-order valence-corrected chi connectivity index (χ1v) is 10.7. The number of hydrogen-bond acceptors (Lipinski definition) is 7. The minimum atomic E-state index is -0.364. The number of hydrogen-bond donors (Lipinski definition) is 0. The third kappa shape index (κ3) is 3.49. The Bertz CT molecular complexity index is 1220. The molecule has 3 heterocycles. The standard InChI is InChI=1S/C23H24N6O3/c1-27(17-13-28(14-17)20-11-15-7-6-10-18(15)24-25-20)23(31)22-19(32-2)12-21(30)29(26-22)16-8-4-3-5-9-16/h3-5,8-9,11-12,17H,6-7,10,13-14H2,1-2H3. The molecular weight excluding hydrogens is 408 g/mol. The molecule has 32 heavy (non-hydrogen) atoms. The number of anilines is 1. The summed E-state index contributed by atoms with van der Waals surface area (Å²) in [6.07, 6.45) is 3.19. The Kier molecular flexibility index (Phi) is 5.08. The second kappa shape index (κ2) is 8.07. The molecule has 9 nitrogen and oxygen atoms in total. The van der Waals surface area contributed by atoms with Crippen molar-refractivity contribution < 1.29 is 9.53 Å². The molecule has 0 N–H and O–H groups in total. The number of methoxy groups -OCH3 is 1. The molecule has 9 heteroatoms. The lowest BCUT2D eigenvalue weighted by Crippen LogP contribution is -2.60. The van der Waals surface area contributed by atoms with Gasteiger partial charge >= 0.3 is 0 Å². The third-order valence-corrected chi connectivity index (χ3v) is 6.18. The Labute approximate surface area is 185 Å². The summed E-state index contributed by atoms with van der Waals surface area (Å²) >= 11 is 0. The van der Waals surface area contributed by atoms with E-state index in [0.717, 1.165) is 30.8 Å². The molecule has 164 valence electrons. The van der Waals surface area contributed by atoms with Crippen LogP contribution in [-0.2, 0) is 12.8 Å². The minimum Gasteiger partial charge on any atom is -0.494 e. The lowest BCUT2D eigenvalue weighted by molar-refractivity contribution is 0.0693. The van der Waals surface area contributed by atoms with Crippen LogP contribution in [0.15, 0.2) is 47.3 Å². The van der Waals surface area contributed by atoms with Crippen LogP contribution in [0.2, 0.25) is 0 Å². The van der Waals surface area contributed by atoms with Crippen molar-refractivity contribution in [3.05, 3.63) is 69.8 Å². The number of likely N-dealkylation sites (N-methyl/N-ethyl adjacent to an activating group) is 1. The average Bonchev–Trinajstić information content (AvgIpc) is 3.26. The highest BCUT2D eigenvalue weighted by Crippen LogP contribution is 2.27. The smallest absolute Gasteiger partial charge is 0.278 e. The number of amides is 1. The first-order chi connectivity index (χ1) is 15.5. The van der Waals surface area contributed by atoms with Crippen molar-refractivity contribution in [2.24, 2.45) is 0 Å². The van der Waals surface area contributed by atoms with Gasteiger partial charge in [0.05, 0.1) is 30.6 Å². The molecule has 2 aromatic heterocycles. The van der Waals surface area contributed by atoms with Crippen LogP contribution in [0.25, 0.3) is 5.69 Å². The van der Waals surface area contributed by atoms with E-state index in [-0.39, 0.29) is 29.0 Å². The topological polar surface area (TPSA) is 93.5 Å². The molecule has 1 aliphatic carbocycles. The lowest BCUT2D eigenvalue weighted by atomic mass is 10.1. The maximum atomic E-state index is 13.3. The van der Waals surface area contributed by atoms with E-state index in [1.165, 1.54) is 23.4 Å². The van der Waals surface area contributed by atoms with E-state index in [2.05, 4.69) is 26.3 Å². The first-order valence-electron chi connectivity index (χ1n) is 10.7. The van der Waals surface area contributed by atoms with Crippen LogP contribution in [-0.4, -0.2) is 64.1 Å². The van der Waals surface area contributed by atoms with Crippen molar-refractivity contribution in [2.75, 3.05) is 32.1 Å². The number of para-hydroxylation sites is 1. The van der Waals surface area contributed by atoms with Gasteiger partial charge in [0.2, 0.25) is 0 Å². The summed E-state index contributed by atoms with van der Waals surface area (Å²) in [5.74, 6) is 0.729. The number of fused-ring (bicyclic) bond motifs is 1. The summed E-state index contributed by atoms with van der Waals surface area (Å²) in [5, 5.41) is 13.1. The number of carbonyl (C=O) groups is 1. The van der Waals surface area contributed by atoms with Crippen LogP contribution in [0, 0.1) is 0 Å². The first kappa shape index (κ1) is 20.2. The van der Waals surface area contributed by atoms with Crippen LogP contribution >= 0.6 is 0 Å². The zero-order chi connectivity index (χ0) is 22.2. The number of benzene rings is 1. The molecule has 1 fully saturated rings. The third-order valence-electron chi connectivity index (χ3n) is 6.18. The van der Waals surface area contributed by atoms with E-state index in [9.17, 15) is 9.59 Å². The van der Waals surface area contributed by atoms with Crippen molar-refractivity contribution in [1.29, 1.82) is 0 Å². The summed E-state index contributed by atoms with van der Waals surface area (Å²) in [4.78, 5) is 29.5. The summed E-state index contributed by atoms with van der Waals surface area (Å²) in [7, 11) is 3.18. The molecule has 1 aromatic carbocycles. The van der Waals surface area contributed by atoms with Gasteiger partial charge in [-0.3, -0.25) is 9.59 Å². The zero-order valence-corrected chi connectivity index (χ0v) is 18.1. The highest BCUT2D eigenvalue weighted by molar-refractivity contribution is 5.95. The fraction of sp³-hybridized carbons (Fsp3) is 0.348. The molecular formula is C23H24N6O3. The van der Waals surface area contributed by atoms with Gasteiger partial charge in [0.1, 0.15) is 0 Å². The average molecular weight is 432 g/mol. The van der Waals surface area contributed by atoms with Crippen molar-refractivity contribution in [3.8, 4) is 11.4 Å². The second-order valence-electron chi connectivity index (χ2n) is 8.15.